The second-order valence-electron chi connectivity index (χ2n) is 2.94. The molecule has 3 N–H and O–H groups in total. The van der Waals surface area contributed by atoms with Crippen molar-refractivity contribution >= 4 is 19.0 Å². The molecule has 1 rings (SSSR count). The van der Waals surface area contributed by atoms with E-state index in [4.69, 9.17) is 17.3 Å². The fraction of sp³-hybridized carbons (Fsp3) is 0.250. The first-order chi connectivity index (χ1) is 5.91. The summed E-state index contributed by atoms with van der Waals surface area (Å²) in [7, 11) is -3.28. The SMILES string of the molecule is CP(=O)(O)C(N)c1cccc(Cl)c1. The monoisotopic (exact) mass is 219 g/mol. The van der Waals surface area contributed by atoms with Gasteiger partial charge in [-0.05, 0) is 17.7 Å². The molecule has 0 aromatic heterocycles. The number of rotatable bonds is 2. The molecule has 0 bridgehead atoms. The minimum absolute atomic E-state index is 0.515. The Morgan fingerprint density at radius 3 is 2.69 bits per heavy atom. The smallest absolute Gasteiger partial charge is 0.218 e. The van der Waals surface area contributed by atoms with Gasteiger partial charge in [0.25, 0.3) is 0 Å². The van der Waals surface area contributed by atoms with E-state index in [0.29, 0.717) is 10.6 Å². The molecule has 3 nitrogen and oxygen atoms in total. The summed E-state index contributed by atoms with van der Waals surface area (Å²) in [6.07, 6.45) is 0. The average Bonchev–Trinajstić information content (AvgIpc) is 2.01. The number of nitrogens with two attached hydrogens (primary N) is 1. The van der Waals surface area contributed by atoms with Gasteiger partial charge in [0.15, 0.2) is 0 Å². The highest BCUT2D eigenvalue weighted by Gasteiger charge is 2.22. The standard InChI is InChI=1S/C8H11ClNO2P/c1-13(11,12)8(10)6-3-2-4-7(9)5-6/h2-5,8H,10H2,1H3,(H,11,12). The zero-order valence-electron chi connectivity index (χ0n) is 7.14. The maximum absolute atomic E-state index is 11.2. The summed E-state index contributed by atoms with van der Waals surface area (Å²) in [6.45, 7) is 1.23. The summed E-state index contributed by atoms with van der Waals surface area (Å²) in [6, 6.07) is 6.67. The Morgan fingerprint density at radius 1 is 1.62 bits per heavy atom. The van der Waals surface area contributed by atoms with Gasteiger partial charge in [-0.3, -0.25) is 4.57 Å². The highest BCUT2D eigenvalue weighted by atomic mass is 35.5. The fourth-order valence-electron chi connectivity index (χ4n) is 0.967. The van der Waals surface area contributed by atoms with Gasteiger partial charge in [0, 0.05) is 11.7 Å². The Labute approximate surface area is 82.0 Å². The van der Waals surface area contributed by atoms with Crippen molar-refractivity contribution in [2.45, 2.75) is 5.78 Å². The first kappa shape index (κ1) is 10.7. The van der Waals surface area contributed by atoms with Crippen LogP contribution in [0.25, 0.3) is 0 Å². The summed E-state index contributed by atoms with van der Waals surface area (Å²) in [4.78, 5) is 9.22. The molecule has 2 atom stereocenters. The van der Waals surface area contributed by atoms with Crippen LogP contribution in [0.4, 0.5) is 0 Å². The molecule has 0 aliphatic heterocycles. The van der Waals surface area contributed by atoms with Crippen molar-refractivity contribution in [3.05, 3.63) is 34.9 Å². The molecule has 0 saturated heterocycles. The van der Waals surface area contributed by atoms with Crippen molar-refractivity contribution in [2.24, 2.45) is 5.73 Å². The highest BCUT2D eigenvalue weighted by molar-refractivity contribution is 7.57. The van der Waals surface area contributed by atoms with Crippen LogP contribution in [0, 0.1) is 0 Å². The van der Waals surface area contributed by atoms with E-state index in [-0.39, 0.29) is 0 Å². The predicted molar refractivity (Wildman–Crippen MR) is 54.1 cm³/mol. The molecule has 72 valence electrons. The zero-order valence-corrected chi connectivity index (χ0v) is 8.80. The summed E-state index contributed by atoms with van der Waals surface area (Å²) >= 11 is 5.71. The minimum atomic E-state index is -3.28. The lowest BCUT2D eigenvalue weighted by Crippen LogP contribution is -2.09. The van der Waals surface area contributed by atoms with Crippen LogP contribution in [-0.2, 0) is 4.57 Å². The van der Waals surface area contributed by atoms with E-state index < -0.39 is 13.2 Å². The van der Waals surface area contributed by atoms with Crippen LogP contribution in [0.1, 0.15) is 11.3 Å². The molecule has 1 aromatic rings. The Bertz CT molecular complexity index is 350. The normalized spacial score (nSPS) is 17.8. The van der Waals surface area contributed by atoms with Gasteiger partial charge in [-0.25, -0.2) is 0 Å². The van der Waals surface area contributed by atoms with Crippen LogP contribution in [0.5, 0.6) is 0 Å². The molecule has 0 heterocycles. The number of hydrogen-bond acceptors (Lipinski definition) is 2. The molecule has 5 heteroatoms. The topological polar surface area (TPSA) is 63.3 Å². The molecule has 0 radical (unpaired) electrons. The molecule has 0 fully saturated rings. The Morgan fingerprint density at radius 2 is 2.23 bits per heavy atom. The lowest BCUT2D eigenvalue weighted by molar-refractivity contribution is 0.472. The highest BCUT2D eigenvalue weighted by Crippen LogP contribution is 2.48. The maximum atomic E-state index is 11.2. The van der Waals surface area contributed by atoms with Gasteiger partial charge in [-0.1, -0.05) is 23.7 Å². The van der Waals surface area contributed by atoms with Gasteiger partial charge in [0.2, 0.25) is 7.37 Å². The van der Waals surface area contributed by atoms with Crippen LogP contribution in [-0.4, -0.2) is 11.6 Å². The van der Waals surface area contributed by atoms with E-state index in [9.17, 15) is 9.46 Å². The predicted octanol–water partition coefficient (Wildman–Crippen LogP) is 2.20. The second kappa shape index (κ2) is 3.81. The van der Waals surface area contributed by atoms with Crippen LogP contribution >= 0.6 is 19.0 Å². The van der Waals surface area contributed by atoms with E-state index in [0.717, 1.165) is 0 Å². The van der Waals surface area contributed by atoms with Gasteiger partial charge in [0.05, 0.1) is 0 Å². The molecule has 0 aliphatic rings. The number of benzene rings is 1. The molecule has 0 spiro atoms. The van der Waals surface area contributed by atoms with Gasteiger partial charge in [0.1, 0.15) is 5.78 Å². The van der Waals surface area contributed by atoms with Crippen LogP contribution in [0.2, 0.25) is 5.02 Å². The minimum Gasteiger partial charge on any atom is -0.343 e. The third-order valence-corrected chi connectivity index (χ3v) is 3.27. The fourth-order valence-corrected chi connectivity index (χ4v) is 1.88. The molecule has 0 saturated carbocycles. The molecular formula is C8H11ClNO2P. The van der Waals surface area contributed by atoms with Gasteiger partial charge in [-0.15, -0.1) is 0 Å². The van der Waals surface area contributed by atoms with E-state index in [1.807, 2.05) is 0 Å². The molecular weight excluding hydrogens is 209 g/mol. The van der Waals surface area contributed by atoms with Gasteiger partial charge in [-0.2, -0.15) is 0 Å². The largest absolute Gasteiger partial charge is 0.343 e. The Balaban J connectivity index is 3.02. The van der Waals surface area contributed by atoms with Crippen molar-refractivity contribution in [3.63, 3.8) is 0 Å². The van der Waals surface area contributed by atoms with E-state index in [1.54, 1.807) is 24.3 Å². The van der Waals surface area contributed by atoms with Crippen molar-refractivity contribution in [1.29, 1.82) is 0 Å². The summed E-state index contributed by atoms with van der Waals surface area (Å²) in [5, 5.41) is 0.515. The third-order valence-electron chi connectivity index (χ3n) is 1.71. The molecule has 0 amide bonds. The Hall–Kier alpha value is -0.340. The third kappa shape index (κ3) is 2.82. The number of hydrogen-bond donors (Lipinski definition) is 2. The molecule has 13 heavy (non-hydrogen) atoms. The lowest BCUT2D eigenvalue weighted by Gasteiger charge is -2.15. The lowest BCUT2D eigenvalue weighted by atomic mass is 10.2. The van der Waals surface area contributed by atoms with Gasteiger partial charge < -0.3 is 10.6 Å². The van der Waals surface area contributed by atoms with Crippen molar-refractivity contribution in [3.8, 4) is 0 Å². The summed E-state index contributed by atoms with van der Waals surface area (Å²) in [5.41, 5.74) is 6.15. The van der Waals surface area contributed by atoms with E-state index in [2.05, 4.69) is 0 Å². The number of halogens is 1. The average molecular weight is 220 g/mol. The quantitative estimate of drug-likeness (QED) is 0.750. The van der Waals surface area contributed by atoms with Crippen LogP contribution in [0.3, 0.4) is 0 Å². The summed E-state index contributed by atoms with van der Waals surface area (Å²) < 4.78 is 11.2. The summed E-state index contributed by atoms with van der Waals surface area (Å²) in [5.74, 6) is -0.855. The van der Waals surface area contributed by atoms with Crippen LogP contribution < -0.4 is 5.73 Å². The first-order valence-electron chi connectivity index (χ1n) is 3.72. The Kier molecular flexibility index (Phi) is 3.14. The van der Waals surface area contributed by atoms with E-state index in [1.165, 1.54) is 6.66 Å². The molecule has 0 aliphatic carbocycles. The van der Waals surface area contributed by atoms with Crippen LogP contribution in [0.15, 0.2) is 24.3 Å². The zero-order chi connectivity index (χ0) is 10.1. The molecule has 2 unspecified atom stereocenters. The van der Waals surface area contributed by atoms with Crippen molar-refractivity contribution in [2.75, 3.05) is 6.66 Å². The van der Waals surface area contributed by atoms with E-state index >= 15 is 0 Å². The molecule has 1 aromatic carbocycles. The van der Waals surface area contributed by atoms with Gasteiger partial charge >= 0.3 is 0 Å². The van der Waals surface area contributed by atoms with Crippen molar-refractivity contribution < 1.29 is 9.46 Å². The second-order valence-corrected chi connectivity index (χ2v) is 5.82. The van der Waals surface area contributed by atoms with Crippen molar-refractivity contribution in [1.82, 2.24) is 0 Å². The first-order valence-corrected chi connectivity index (χ1v) is 6.27. The maximum Gasteiger partial charge on any atom is 0.218 e.